The molecule has 0 spiro atoms. The van der Waals surface area contributed by atoms with Crippen LogP contribution in [0.4, 0.5) is 13.2 Å². The first-order valence-corrected chi connectivity index (χ1v) is 10.3. The maximum absolute atomic E-state index is 14.2. The zero-order valence-corrected chi connectivity index (χ0v) is 19.0. The number of nitrogens with zero attached hydrogens (tertiary/aromatic N) is 2. The Morgan fingerprint density at radius 2 is 1.64 bits per heavy atom. The summed E-state index contributed by atoms with van der Waals surface area (Å²) in [6.45, 7) is 2.96. The number of hydrogen-bond acceptors (Lipinski definition) is 5. The van der Waals surface area contributed by atoms with Crippen LogP contribution in [0.25, 0.3) is 11.1 Å². The number of alkyl halides is 3. The highest BCUT2D eigenvalue weighted by molar-refractivity contribution is 5.80. The summed E-state index contributed by atoms with van der Waals surface area (Å²) in [7, 11) is 3.00. The van der Waals surface area contributed by atoms with Gasteiger partial charge in [-0.1, -0.05) is 44.2 Å². The number of methoxy groups -OCH3 is 2. The lowest BCUT2D eigenvalue weighted by Crippen LogP contribution is -2.51. The number of carbonyl (C=O) groups excluding carboxylic acids is 1. The van der Waals surface area contributed by atoms with Gasteiger partial charge in [0.05, 0.1) is 32.9 Å². The molecule has 1 amide bonds. The van der Waals surface area contributed by atoms with Gasteiger partial charge in [-0.05, 0) is 41.2 Å². The minimum Gasteiger partial charge on any atom is -0.493 e. The van der Waals surface area contributed by atoms with Crippen LogP contribution < -0.4 is 15.2 Å². The molecule has 6 nitrogen and oxygen atoms in total. The van der Waals surface area contributed by atoms with Crippen LogP contribution >= 0.6 is 0 Å². The van der Waals surface area contributed by atoms with Crippen molar-refractivity contribution in [2.75, 3.05) is 20.8 Å². The Hall–Kier alpha value is -3.25. The highest BCUT2D eigenvalue weighted by Crippen LogP contribution is 2.40. The van der Waals surface area contributed by atoms with Gasteiger partial charge in [0.2, 0.25) is 5.91 Å². The van der Waals surface area contributed by atoms with Crippen LogP contribution in [0.3, 0.4) is 0 Å². The van der Waals surface area contributed by atoms with Gasteiger partial charge in [0.15, 0.2) is 11.5 Å². The number of ether oxygens (including phenoxy) is 2. The van der Waals surface area contributed by atoms with Crippen molar-refractivity contribution in [2.45, 2.75) is 38.5 Å². The van der Waals surface area contributed by atoms with Crippen molar-refractivity contribution in [3.8, 4) is 28.7 Å². The zero-order chi connectivity index (χ0) is 24.8. The first-order chi connectivity index (χ1) is 15.5. The molecule has 0 unspecified atom stereocenters. The van der Waals surface area contributed by atoms with E-state index in [1.54, 1.807) is 50.2 Å². The molecular weight excluding hydrogens is 435 g/mol. The first-order valence-electron chi connectivity index (χ1n) is 10.3. The molecule has 0 heterocycles. The number of primary amides is 1. The summed E-state index contributed by atoms with van der Waals surface area (Å²) in [5.41, 5.74) is 6.76. The van der Waals surface area contributed by atoms with Gasteiger partial charge in [0, 0.05) is 0 Å². The molecule has 0 aliphatic carbocycles. The molecule has 0 fully saturated rings. The molecule has 2 aromatic rings. The van der Waals surface area contributed by atoms with E-state index in [0.29, 0.717) is 17.1 Å². The minimum atomic E-state index is -4.73. The van der Waals surface area contributed by atoms with Crippen LogP contribution in [0.15, 0.2) is 42.5 Å². The Kier molecular flexibility index (Phi) is 8.71. The second-order valence-electron chi connectivity index (χ2n) is 8.01. The summed E-state index contributed by atoms with van der Waals surface area (Å²) in [6, 6.07) is 9.37. The lowest BCUT2D eigenvalue weighted by Gasteiger charge is -2.37. The van der Waals surface area contributed by atoms with Crippen molar-refractivity contribution in [3.63, 3.8) is 0 Å². The van der Waals surface area contributed by atoms with Gasteiger partial charge in [-0.25, -0.2) is 0 Å². The normalized spacial score (nSPS) is 13.5. The summed E-state index contributed by atoms with van der Waals surface area (Å²) in [6.07, 6.45) is -4.63. The third-order valence-corrected chi connectivity index (χ3v) is 5.26. The quantitative estimate of drug-likeness (QED) is 0.516. The van der Waals surface area contributed by atoms with Gasteiger partial charge >= 0.3 is 6.18 Å². The summed E-state index contributed by atoms with van der Waals surface area (Å²) < 4.78 is 53.1. The molecule has 2 rings (SSSR count). The molecule has 0 radical (unpaired) electrons. The molecule has 0 saturated heterocycles. The average molecular weight is 464 g/mol. The molecule has 2 aromatic carbocycles. The second-order valence-corrected chi connectivity index (χ2v) is 8.01. The predicted molar refractivity (Wildman–Crippen MR) is 119 cm³/mol. The number of halogens is 3. The topological polar surface area (TPSA) is 88.6 Å². The van der Waals surface area contributed by atoms with E-state index in [0.717, 1.165) is 10.5 Å². The summed E-state index contributed by atoms with van der Waals surface area (Å²) in [5.74, 6) is 0.0374. The summed E-state index contributed by atoms with van der Waals surface area (Å²) >= 11 is 0. The number of rotatable bonds is 10. The van der Waals surface area contributed by atoms with E-state index in [-0.39, 0.29) is 17.9 Å². The van der Waals surface area contributed by atoms with Crippen LogP contribution in [-0.4, -0.2) is 43.8 Å². The fourth-order valence-corrected chi connectivity index (χ4v) is 3.77. The number of carbonyl (C=O) groups is 1. The van der Waals surface area contributed by atoms with Crippen molar-refractivity contribution in [2.24, 2.45) is 11.7 Å². The molecular formula is C24H28F3N3O3. The van der Waals surface area contributed by atoms with E-state index < -0.39 is 30.7 Å². The van der Waals surface area contributed by atoms with Crippen molar-refractivity contribution < 1.29 is 27.4 Å². The maximum atomic E-state index is 14.2. The fourth-order valence-electron chi connectivity index (χ4n) is 3.77. The third kappa shape index (κ3) is 6.39. The van der Waals surface area contributed by atoms with Gasteiger partial charge in [0.1, 0.15) is 6.04 Å². The van der Waals surface area contributed by atoms with E-state index in [4.69, 9.17) is 15.2 Å². The summed E-state index contributed by atoms with van der Waals surface area (Å²) in [5, 5.41) is 9.21. The monoisotopic (exact) mass is 463 g/mol. The van der Waals surface area contributed by atoms with E-state index in [1.165, 1.54) is 26.4 Å². The molecule has 0 aliphatic rings. The Labute approximate surface area is 191 Å². The maximum Gasteiger partial charge on any atom is 0.408 e. The highest BCUT2D eigenvalue weighted by atomic mass is 19.4. The van der Waals surface area contributed by atoms with Crippen LogP contribution in [0, 0.1) is 17.2 Å². The number of benzene rings is 2. The molecule has 0 aromatic heterocycles. The molecule has 33 heavy (non-hydrogen) atoms. The standard InChI is InChI=1S/C24H28F3N3O3/c1-15(2)13-19(23(29)31)30(12-11-28)22(24(25,26)27)17-7-5-16(6-8-17)18-9-10-20(32-3)21(14-18)33-4/h5-10,14-15,19,22H,12-13H2,1-4H3,(H2,29,31)/t19-,22-/m0/s1. The van der Waals surface area contributed by atoms with E-state index in [1.807, 2.05) is 0 Å². The van der Waals surface area contributed by atoms with E-state index in [9.17, 15) is 23.2 Å². The number of nitrogens with two attached hydrogens (primary N) is 1. The van der Waals surface area contributed by atoms with Gasteiger partial charge in [0.25, 0.3) is 0 Å². The number of nitriles is 1. The molecule has 0 bridgehead atoms. The lowest BCUT2D eigenvalue weighted by molar-refractivity contribution is -0.192. The van der Waals surface area contributed by atoms with Gasteiger partial charge in [-0.15, -0.1) is 0 Å². The van der Waals surface area contributed by atoms with Gasteiger partial charge < -0.3 is 15.2 Å². The van der Waals surface area contributed by atoms with Crippen molar-refractivity contribution in [1.82, 2.24) is 4.90 Å². The SMILES string of the molecule is COc1ccc(-c2ccc([C@H](N(CC#N)[C@@H](CC(C)C)C(N)=O)C(F)(F)F)cc2)cc1OC. The summed E-state index contributed by atoms with van der Waals surface area (Å²) in [4.78, 5) is 12.9. The molecule has 0 saturated carbocycles. The Morgan fingerprint density at radius 3 is 2.09 bits per heavy atom. The number of amides is 1. The van der Waals surface area contributed by atoms with Crippen LogP contribution in [0.2, 0.25) is 0 Å². The van der Waals surface area contributed by atoms with Crippen LogP contribution in [0.1, 0.15) is 31.9 Å². The van der Waals surface area contributed by atoms with Crippen molar-refractivity contribution in [3.05, 3.63) is 48.0 Å². The lowest BCUT2D eigenvalue weighted by atomic mass is 9.95. The van der Waals surface area contributed by atoms with E-state index in [2.05, 4.69) is 0 Å². The average Bonchev–Trinajstić information content (AvgIpc) is 2.76. The zero-order valence-electron chi connectivity index (χ0n) is 19.0. The largest absolute Gasteiger partial charge is 0.493 e. The van der Waals surface area contributed by atoms with Gasteiger partial charge in [-0.2, -0.15) is 18.4 Å². The predicted octanol–water partition coefficient (Wildman–Crippen LogP) is 4.70. The molecule has 9 heteroatoms. The molecule has 178 valence electrons. The van der Waals surface area contributed by atoms with E-state index >= 15 is 0 Å². The Balaban J connectivity index is 2.50. The van der Waals surface area contributed by atoms with Crippen LogP contribution in [0.5, 0.6) is 11.5 Å². The third-order valence-electron chi connectivity index (χ3n) is 5.26. The van der Waals surface area contributed by atoms with Crippen molar-refractivity contribution in [1.29, 1.82) is 5.26 Å². The molecule has 2 atom stereocenters. The first kappa shape index (κ1) is 26.0. The Morgan fingerprint density at radius 1 is 1.06 bits per heavy atom. The minimum absolute atomic E-state index is 0.0861. The second kappa shape index (κ2) is 11.1. The van der Waals surface area contributed by atoms with Crippen LogP contribution in [-0.2, 0) is 4.79 Å². The smallest absolute Gasteiger partial charge is 0.408 e. The van der Waals surface area contributed by atoms with Gasteiger partial charge in [-0.3, -0.25) is 9.69 Å². The Bertz CT molecular complexity index is 985. The fraction of sp³-hybridized carbons (Fsp3) is 0.417. The highest BCUT2D eigenvalue weighted by Gasteiger charge is 2.47. The molecule has 0 aliphatic heterocycles. The molecule has 2 N–H and O–H groups in total. The van der Waals surface area contributed by atoms with Crippen molar-refractivity contribution >= 4 is 5.91 Å². The number of hydrogen-bond donors (Lipinski definition) is 1.